The second kappa shape index (κ2) is 6.45. The van der Waals surface area contributed by atoms with Gasteiger partial charge in [-0.2, -0.15) is 0 Å². The monoisotopic (exact) mass is 361 g/mol. The summed E-state index contributed by atoms with van der Waals surface area (Å²) in [5.74, 6) is 0.0593. The fourth-order valence-electron chi connectivity index (χ4n) is 2.97. The molecule has 1 aliphatic rings. The molecular formula is C20H15N3O4. The van der Waals surface area contributed by atoms with E-state index in [4.69, 9.17) is 4.74 Å². The Labute approximate surface area is 153 Å². The summed E-state index contributed by atoms with van der Waals surface area (Å²) >= 11 is 0. The number of hydrogen-bond acceptors (Lipinski definition) is 5. The van der Waals surface area contributed by atoms with Crippen LogP contribution < -0.4 is 16.0 Å². The number of H-pyrrole nitrogens is 1. The van der Waals surface area contributed by atoms with Gasteiger partial charge >= 0.3 is 5.69 Å². The van der Waals surface area contributed by atoms with Crippen LogP contribution in [0.1, 0.15) is 11.1 Å². The van der Waals surface area contributed by atoms with E-state index in [0.717, 1.165) is 15.8 Å². The molecule has 7 nitrogen and oxygen atoms in total. The first-order valence-electron chi connectivity index (χ1n) is 8.16. The van der Waals surface area contributed by atoms with Crippen molar-refractivity contribution in [2.45, 2.75) is 0 Å². The minimum Gasteiger partial charge on any atom is -0.497 e. The van der Waals surface area contributed by atoms with E-state index in [2.05, 4.69) is 9.98 Å². The second-order valence-electron chi connectivity index (χ2n) is 5.91. The number of benzene rings is 2. The van der Waals surface area contributed by atoms with Crippen LogP contribution >= 0.6 is 0 Å². The van der Waals surface area contributed by atoms with Crippen LogP contribution in [0.15, 0.2) is 63.1 Å². The van der Waals surface area contributed by atoms with E-state index in [0.29, 0.717) is 17.0 Å². The van der Waals surface area contributed by atoms with Crippen molar-refractivity contribution in [1.82, 2.24) is 9.55 Å². The number of para-hydroxylation sites is 1. The van der Waals surface area contributed by atoms with Crippen molar-refractivity contribution in [1.29, 1.82) is 0 Å². The van der Waals surface area contributed by atoms with Crippen LogP contribution in [0.4, 0.5) is 5.69 Å². The van der Waals surface area contributed by atoms with Gasteiger partial charge in [-0.3, -0.25) is 14.8 Å². The number of allylic oxidation sites excluding steroid dienone is 1. The van der Waals surface area contributed by atoms with Crippen molar-refractivity contribution < 1.29 is 9.84 Å². The van der Waals surface area contributed by atoms with Gasteiger partial charge in [0.15, 0.2) is 0 Å². The van der Waals surface area contributed by atoms with Crippen LogP contribution in [0.2, 0.25) is 0 Å². The number of nitrogens with one attached hydrogen (secondary N) is 1. The van der Waals surface area contributed by atoms with Crippen LogP contribution in [0.5, 0.6) is 11.6 Å². The normalized spacial score (nSPS) is 13.7. The molecule has 0 fully saturated rings. The summed E-state index contributed by atoms with van der Waals surface area (Å²) in [7, 11) is 1.50. The highest BCUT2D eigenvalue weighted by atomic mass is 16.5. The lowest BCUT2D eigenvalue weighted by Gasteiger charge is -2.11. The van der Waals surface area contributed by atoms with Gasteiger partial charge in [0.2, 0.25) is 5.88 Å². The SMILES string of the molecule is COc1cccc(-n2c(O)c(/C=C3/C=Nc4ccccc43)c(=O)[nH]c2=O)c1. The lowest BCUT2D eigenvalue weighted by atomic mass is 10.1. The molecule has 1 aliphatic heterocycles. The number of aromatic hydroxyl groups is 1. The number of aromatic nitrogens is 2. The molecule has 0 saturated heterocycles. The minimum atomic E-state index is -0.742. The van der Waals surface area contributed by atoms with Gasteiger partial charge < -0.3 is 9.84 Å². The maximum Gasteiger partial charge on any atom is 0.335 e. The van der Waals surface area contributed by atoms with Gasteiger partial charge in [-0.15, -0.1) is 0 Å². The Kier molecular flexibility index (Phi) is 3.97. The molecule has 7 heteroatoms. The Morgan fingerprint density at radius 3 is 2.78 bits per heavy atom. The van der Waals surface area contributed by atoms with Crippen molar-refractivity contribution in [3.63, 3.8) is 0 Å². The number of fused-ring (bicyclic) bond motifs is 1. The van der Waals surface area contributed by atoms with Crippen molar-refractivity contribution >= 4 is 23.6 Å². The smallest absolute Gasteiger partial charge is 0.335 e. The van der Waals surface area contributed by atoms with Crippen LogP contribution in [-0.2, 0) is 0 Å². The van der Waals surface area contributed by atoms with Crippen molar-refractivity contribution in [2.75, 3.05) is 7.11 Å². The van der Waals surface area contributed by atoms with Gasteiger partial charge in [-0.05, 0) is 24.3 Å². The van der Waals surface area contributed by atoms with Crippen LogP contribution in [0.3, 0.4) is 0 Å². The summed E-state index contributed by atoms with van der Waals surface area (Å²) in [5.41, 5.74) is 1.21. The van der Waals surface area contributed by atoms with Crippen molar-refractivity contribution in [3.05, 3.63) is 80.5 Å². The third-order valence-corrected chi connectivity index (χ3v) is 4.29. The van der Waals surface area contributed by atoms with Gasteiger partial charge in [0.1, 0.15) is 11.3 Å². The molecule has 0 amide bonds. The van der Waals surface area contributed by atoms with Crippen molar-refractivity contribution in [2.24, 2.45) is 4.99 Å². The molecule has 0 atom stereocenters. The third-order valence-electron chi connectivity index (χ3n) is 4.29. The maximum atomic E-state index is 12.3. The second-order valence-corrected chi connectivity index (χ2v) is 5.91. The Bertz CT molecular complexity index is 1220. The van der Waals surface area contributed by atoms with E-state index in [1.165, 1.54) is 13.2 Å². The number of aliphatic imine (C=N–C) groups is 1. The summed E-state index contributed by atoms with van der Waals surface area (Å²) in [6, 6.07) is 14.1. The molecule has 2 N–H and O–H groups in total. The molecule has 2 heterocycles. The van der Waals surface area contributed by atoms with Gasteiger partial charge in [-0.25, -0.2) is 9.36 Å². The highest BCUT2D eigenvalue weighted by Crippen LogP contribution is 2.32. The van der Waals surface area contributed by atoms with E-state index < -0.39 is 17.1 Å². The lowest BCUT2D eigenvalue weighted by Crippen LogP contribution is -2.30. The fraction of sp³-hybridized carbons (Fsp3) is 0.0500. The molecule has 134 valence electrons. The molecule has 27 heavy (non-hydrogen) atoms. The number of methoxy groups -OCH3 is 1. The fourth-order valence-corrected chi connectivity index (χ4v) is 2.97. The molecule has 0 bridgehead atoms. The van der Waals surface area contributed by atoms with Gasteiger partial charge in [0.05, 0.1) is 18.5 Å². The summed E-state index contributed by atoms with van der Waals surface area (Å²) in [5, 5.41) is 10.7. The Morgan fingerprint density at radius 2 is 1.96 bits per heavy atom. The molecule has 0 unspecified atom stereocenters. The molecule has 0 saturated carbocycles. The molecular weight excluding hydrogens is 346 g/mol. The van der Waals surface area contributed by atoms with E-state index in [1.807, 2.05) is 24.3 Å². The standard InChI is InChI=1S/C20H15N3O4/c1-27-14-6-4-5-13(10-14)23-19(25)16(18(24)22-20(23)26)9-12-11-21-17-8-3-2-7-15(12)17/h2-11,25H,1H3,(H,22,24,26)/b12-9-. The molecule has 1 aromatic heterocycles. The van der Waals surface area contributed by atoms with Crippen molar-refractivity contribution in [3.8, 4) is 17.3 Å². The molecule has 0 radical (unpaired) electrons. The molecule has 3 aromatic rings. The van der Waals surface area contributed by atoms with Crippen LogP contribution in [0, 0.1) is 0 Å². The van der Waals surface area contributed by atoms with E-state index in [9.17, 15) is 14.7 Å². The van der Waals surface area contributed by atoms with Crippen LogP contribution in [-0.4, -0.2) is 28.0 Å². The van der Waals surface area contributed by atoms with Gasteiger partial charge in [0.25, 0.3) is 5.56 Å². The highest BCUT2D eigenvalue weighted by molar-refractivity contribution is 6.21. The molecule has 2 aromatic carbocycles. The predicted molar refractivity (Wildman–Crippen MR) is 103 cm³/mol. The number of hydrogen-bond donors (Lipinski definition) is 2. The zero-order chi connectivity index (χ0) is 19.0. The van der Waals surface area contributed by atoms with Gasteiger partial charge in [-0.1, -0.05) is 24.3 Å². The minimum absolute atomic E-state index is 0.0319. The maximum absolute atomic E-state index is 12.3. The highest BCUT2D eigenvalue weighted by Gasteiger charge is 2.17. The van der Waals surface area contributed by atoms with E-state index >= 15 is 0 Å². The summed E-state index contributed by atoms with van der Waals surface area (Å²) in [4.78, 5) is 31.2. The summed E-state index contributed by atoms with van der Waals surface area (Å²) < 4.78 is 6.18. The van der Waals surface area contributed by atoms with Crippen LogP contribution in [0.25, 0.3) is 17.3 Å². The van der Waals surface area contributed by atoms with E-state index in [1.54, 1.807) is 30.5 Å². The number of aromatic amines is 1. The zero-order valence-corrected chi connectivity index (χ0v) is 14.3. The molecule has 0 spiro atoms. The average molecular weight is 361 g/mol. The first-order valence-corrected chi connectivity index (χ1v) is 8.16. The topological polar surface area (TPSA) is 96.7 Å². The molecule has 4 rings (SSSR count). The Balaban J connectivity index is 1.91. The average Bonchev–Trinajstić information content (AvgIpc) is 3.08. The Morgan fingerprint density at radius 1 is 1.15 bits per heavy atom. The summed E-state index contributed by atoms with van der Waals surface area (Å²) in [6.45, 7) is 0. The lowest BCUT2D eigenvalue weighted by molar-refractivity contribution is 0.412. The molecule has 0 aliphatic carbocycles. The summed E-state index contributed by atoms with van der Waals surface area (Å²) in [6.07, 6.45) is 3.13. The van der Waals surface area contributed by atoms with E-state index in [-0.39, 0.29) is 5.56 Å². The Hall–Kier alpha value is -3.87. The number of nitrogens with zero attached hydrogens (tertiary/aromatic N) is 2. The number of ether oxygens (including phenoxy) is 1. The first-order chi connectivity index (χ1) is 13.1. The largest absolute Gasteiger partial charge is 0.497 e. The first kappa shape index (κ1) is 16.6. The van der Waals surface area contributed by atoms with Gasteiger partial charge in [0, 0.05) is 23.4 Å². The zero-order valence-electron chi connectivity index (χ0n) is 14.3. The quantitative estimate of drug-likeness (QED) is 0.749. The number of rotatable bonds is 3. The predicted octanol–water partition coefficient (Wildman–Crippen LogP) is 2.50. The third kappa shape index (κ3) is 2.85.